The molecule has 0 spiro atoms. The van der Waals surface area contributed by atoms with E-state index >= 15 is 0 Å². The van der Waals surface area contributed by atoms with Crippen molar-refractivity contribution < 1.29 is 9.13 Å². The number of benzene rings is 2. The molecule has 0 saturated carbocycles. The number of anilines is 2. The third-order valence-electron chi connectivity index (χ3n) is 4.83. The maximum Gasteiger partial charge on any atom is 0.288 e. The maximum atomic E-state index is 14.8. The van der Waals surface area contributed by atoms with Gasteiger partial charge >= 0.3 is 0 Å². The van der Waals surface area contributed by atoms with E-state index in [0.717, 1.165) is 5.56 Å². The molecule has 0 unspecified atom stereocenters. The number of aromatic amines is 1. The van der Waals surface area contributed by atoms with Crippen molar-refractivity contribution in [3.8, 4) is 17.0 Å². The van der Waals surface area contributed by atoms with E-state index in [1.165, 1.54) is 10.7 Å². The molecule has 2 aromatic heterocycles. The molecule has 10 heteroatoms. The van der Waals surface area contributed by atoms with Gasteiger partial charge in [-0.05, 0) is 40.8 Å². The number of hydrogen-bond acceptors (Lipinski definition) is 7. The van der Waals surface area contributed by atoms with Gasteiger partial charge in [-0.3, -0.25) is 4.79 Å². The van der Waals surface area contributed by atoms with Crippen LogP contribution in [0.5, 0.6) is 5.75 Å². The van der Waals surface area contributed by atoms with Crippen LogP contribution >= 0.6 is 0 Å². The van der Waals surface area contributed by atoms with E-state index < -0.39 is 17.4 Å². The summed E-state index contributed by atoms with van der Waals surface area (Å²) in [5, 5.41) is 21.3. The monoisotopic (exact) mass is 391 g/mol. The molecule has 144 valence electrons. The highest BCUT2D eigenvalue weighted by atomic mass is 19.1. The summed E-state index contributed by atoms with van der Waals surface area (Å²) in [5.41, 5.74) is 1.77. The molecule has 0 amide bonds. The van der Waals surface area contributed by atoms with Crippen LogP contribution in [-0.2, 0) is 0 Å². The van der Waals surface area contributed by atoms with E-state index in [-0.39, 0.29) is 11.6 Å². The second-order valence-corrected chi connectivity index (χ2v) is 6.41. The lowest BCUT2D eigenvalue weighted by Crippen LogP contribution is -2.29. The molecular weight excluding hydrogens is 377 g/mol. The van der Waals surface area contributed by atoms with Crippen LogP contribution in [0.15, 0.2) is 53.3 Å². The van der Waals surface area contributed by atoms with Crippen LogP contribution in [0.2, 0.25) is 0 Å². The Kier molecular flexibility index (Phi) is 3.83. The van der Waals surface area contributed by atoms with Crippen LogP contribution in [0.3, 0.4) is 0 Å². The highest BCUT2D eigenvalue weighted by molar-refractivity contribution is 5.75. The minimum atomic E-state index is -0.774. The number of fused-ring (bicyclic) bond motifs is 2. The van der Waals surface area contributed by atoms with Crippen LogP contribution in [-0.4, -0.2) is 37.5 Å². The summed E-state index contributed by atoms with van der Waals surface area (Å²) in [6.07, 6.45) is 0. The Morgan fingerprint density at radius 2 is 1.93 bits per heavy atom. The zero-order valence-electron chi connectivity index (χ0n) is 15.1. The van der Waals surface area contributed by atoms with Crippen LogP contribution in [0.25, 0.3) is 11.3 Å². The minimum absolute atomic E-state index is 0.223. The fraction of sp³-hybridized carbons (Fsp3) is 0.105. The SMILES string of the molecule is COc1ccc(-c2n[nH]c(=O)c3c2[C@@H](c2ccccc2F)n2nnnc2N3)cc1. The van der Waals surface area contributed by atoms with Gasteiger partial charge < -0.3 is 10.1 Å². The summed E-state index contributed by atoms with van der Waals surface area (Å²) in [6.45, 7) is 0. The van der Waals surface area contributed by atoms with E-state index in [1.54, 1.807) is 37.4 Å². The van der Waals surface area contributed by atoms with Crippen LogP contribution < -0.4 is 15.6 Å². The van der Waals surface area contributed by atoms with Gasteiger partial charge in [0.15, 0.2) is 0 Å². The first-order valence-electron chi connectivity index (χ1n) is 8.73. The minimum Gasteiger partial charge on any atom is -0.497 e. The van der Waals surface area contributed by atoms with Crippen molar-refractivity contribution in [3.05, 3.63) is 75.8 Å². The standard InChI is InChI=1S/C19H14FN7O2/c1-29-11-8-6-10(7-9-11)15-14-16(18(28)23-22-15)21-19-24-25-26-27(19)17(14)12-4-2-3-5-13(12)20/h2-9,17H,1H3,(H,23,28)(H,21,24,26)/t17-/m1/s1. The number of nitrogens with zero attached hydrogens (tertiary/aromatic N) is 5. The Hall–Kier alpha value is -4.08. The van der Waals surface area contributed by atoms with Crippen molar-refractivity contribution in [2.75, 3.05) is 12.4 Å². The van der Waals surface area contributed by atoms with E-state index in [2.05, 4.69) is 31.0 Å². The summed E-state index contributed by atoms with van der Waals surface area (Å²) >= 11 is 0. The van der Waals surface area contributed by atoms with Gasteiger partial charge in [-0.1, -0.05) is 23.3 Å². The van der Waals surface area contributed by atoms with Gasteiger partial charge in [0.25, 0.3) is 5.56 Å². The molecule has 3 heterocycles. The number of hydrogen-bond donors (Lipinski definition) is 2. The Bertz CT molecular complexity index is 1270. The van der Waals surface area contributed by atoms with Crippen LogP contribution in [0, 0.1) is 5.82 Å². The lowest BCUT2D eigenvalue weighted by atomic mass is 9.92. The van der Waals surface area contributed by atoms with Crippen molar-refractivity contribution >= 4 is 11.6 Å². The molecule has 0 aliphatic carbocycles. The smallest absolute Gasteiger partial charge is 0.288 e. The number of tetrazole rings is 1. The molecule has 1 atom stereocenters. The number of halogens is 1. The molecule has 1 aliphatic heterocycles. The van der Waals surface area contributed by atoms with Crippen molar-refractivity contribution in [3.63, 3.8) is 0 Å². The van der Waals surface area contributed by atoms with Gasteiger partial charge in [0, 0.05) is 16.7 Å². The number of rotatable bonds is 3. The summed E-state index contributed by atoms with van der Waals surface area (Å²) in [7, 11) is 1.58. The fourth-order valence-electron chi connectivity index (χ4n) is 3.49. The van der Waals surface area contributed by atoms with Gasteiger partial charge in [0.2, 0.25) is 5.95 Å². The van der Waals surface area contributed by atoms with Gasteiger partial charge in [-0.2, -0.15) is 9.78 Å². The third-order valence-corrected chi connectivity index (χ3v) is 4.83. The van der Waals surface area contributed by atoms with Gasteiger partial charge in [0.1, 0.15) is 23.3 Å². The molecular formula is C19H14FN7O2. The Morgan fingerprint density at radius 3 is 2.69 bits per heavy atom. The van der Waals surface area contributed by atoms with E-state index in [9.17, 15) is 9.18 Å². The molecule has 0 bridgehead atoms. The zero-order valence-corrected chi connectivity index (χ0v) is 15.1. The summed E-state index contributed by atoms with van der Waals surface area (Å²) in [4.78, 5) is 12.6. The number of aromatic nitrogens is 6. The predicted octanol–water partition coefficient (Wildman–Crippen LogP) is 2.27. The lowest BCUT2D eigenvalue weighted by Gasteiger charge is -2.28. The number of nitrogens with one attached hydrogen (secondary N) is 2. The molecule has 5 rings (SSSR count). The molecule has 1 aliphatic rings. The van der Waals surface area contributed by atoms with Crippen molar-refractivity contribution in [1.82, 2.24) is 30.4 Å². The van der Waals surface area contributed by atoms with Gasteiger partial charge in [0.05, 0.1) is 12.8 Å². The van der Waals surface area contributed by atoms with E-state index in [0.29, 0.717) is 22.6 Å². The number of H-pyrrole nitrogens is 1. The quantitative estimate of drug-likeness (QED) is 0.485. The van der Waals surface area contributed by atoms with Crippen molar-refractivity contribution in [1.29, 1.82) is 0 Å². The summed E-state index contributed by atoms with van der Waals surface area (Å²) < 4.78 is 21.4. The van der Waals surface area contributed by atoms with Crippen molar-refractivity contribution in [2.45, 2.75) is 6.04 Å². The third kappa shape index (κ3) is 2.64. The van der Waals surface area contributed by atoms with E-state index in [4.69, 9.17) is 4.74 Å². The Balaban J connectivity index is 1.81. The second kappa shape index (κ2) is 6.51. The predicted molar refractivity (Wildman–Crippen MR) is 102 cm³/mol. The molecule has 2 aromatic carbocycles. The summed E-state index contributed by atoms with van der Waals surface area (Å²) in [5.74, 6) is 0.481. The molecule has 0 fully saturated rings. The summed E-state index contributed by atoms with van der Waals surface area (Å²) in [6, 6.07) is 12.7. The van der Waals surface area contributed by atoms with Crippen LogP contribution in [0.1, 0.15) is 17.2 Å². The van der Waals surface area contributed by atoms with Gasteiger partial charge in [-0.15, -0.1) is 0 Å². The topological polar surface area (TPSA) is 111 Å². The normalized spacial score (nSPS) is 14.6. The maximum absolute atomic E-state index is 14.8. The molecule has 29 heavy (non-hydrogen) atoms. The first kappa shape index (κ1) is 17.0. The highest BCUT2D eigenvalue weighted by Gasteiger charge is 2.35. The van der Waals surface area contributed by atoms with E-state index in [1.807, 2.05) is 12.1 Å². The van der Waals surface area contributed by atoms with Gasteiger partial charge in [-0.25, -0.2) is 9.49 Å². The largest absolute Gasteiger partial charge is 0.497 e. The second-order valence-electron chi connectivity index (χ2n) is 6.41. The molecule has 0 radical (unpaired) electrons. The fourth-order valence-corrected chi connectivity index (χ4v) is 3.49. The lowest BCUT2D eigenvalue weighted by molar-refractivity contribution is 0.415. The zero-order chi connectivity index (χ0) is 20.0. The first-order valence-corrected chi connectivity index (χ1v) is 8.73. The molecule has 9 nitrogen and oxygen atoms in total. The van der Waals surface area contributed by atoms with Crippen molar-refractivity contribution in [2.24, 2.45) is 0 Å². The molecule has 0 saturated heterocycles. The average Bonchev–Trinajstić information content (AvgIpc) is 3.22. The number of ether oxygens (including phenoxy) is 1. The Morgan fingerprint density at radius 1 is 1.14 bits per heavy atom. The molecule has 2 N–H and O–H groups in total. The average molecular weight is 391 g/mol. The number of methoxy groups -OCH3 is 1. The molecule has 4 aromatic rings. The Labute approximate surface area is 163 Å². The van der Waals surface area contributed by atoms with Crippen LogP contribution in [0.4, 0.5) is 16.0 Å². The highest BCUT2D eigenvalue weighted by Crippen LogP contribution is 2.41. The first-order chi connectivity index (χ1) is 14.2.